The lowest BCUT2D eigenvalue weighted by atomic mass is 9.77. The molecule has 2 aliphatic heterocycles. The number of benzene rings is 1. The zero-order chi connectivity index (χ0) is 18.9. The van der Waals surface area contributed by atoms with Gasteiger partial charge in [-0.2, -0.15) is 0 Å². The lowest BCUT2D eigenvalue weighted by Gasteiger charge is -2.38. The Morgan fingerprint density at radius 1 is 1.04 bits per heavy atom. The van der Waals surface area contributed by atoms with Crippen molar-refractivity contribution >= 4 is 17.5 Å². The summed E-state index contributed by atoms with van der Waals surface area (Å²) in [5, 5.41) is 0. The van der Waals surface area contributed by atoms with Crippen molar-refractivity contribution in [3.8, 4) is 0 Å². The first-order valence-electron chi connectivity index (χ1n) is 9.93. The summed E-state index contributed by atoms with van der Waals surface area (Å²) in [5.41, 5.74) is 2.05. The number of hydrogen-bond acceptors (Lipinski definition) is 2. The number of hydrogen-bond donors (Lipinski definition) is 0. The van der Waals surface area contributed by atoms with Crippen LogP contribution < -0.4 is 4.90 Å². The average molecular weight is 357 g/mol. The molecule has 0 saturated carbocycles. The Morgan fingerprint density at radius 2 is 1.62 bits per heavy atom. The van der Waals surface area contributed by atoms with E-state index in [1.807, 2.05) is 9.80 Å². The van der Waals surface area contributed by atoms with Crippen LogP contribution in [0.25, 0.3) is 0 Å². The fourth-order valence-electron chi connectivity index (χ4n) is 4.19. The molecule has 1 spiro atoms. The average Bonchev–Trinajstić information content (AvgIpc) is 2.91. The van der Waals surface area contributed by atoms with Crippen LogP contribution in [0.5, 0.6) is 0 Å². The molecule has 2 heterocycles. The van der Waals surface area contributed by atoms with Gasteiger partial charge in [-0.15, -0.1) is 0 Å². The van der Waals surface area contributed by atoms with Crippen molar-refractivity contribution in [3.63, 3.8) is 0 Å². The number of likely N-dealkylation sites (tertiary alicyclic amines) is 1. The molecular formula is C22H32N2O2. The molecule has 0 bridgehead atoms. The molecule has 3 rings (SSSR count). The van der Waals surface area contributed by atoms with Crippen molar-refractivity contribution in [1.29, 1.82) is 0 Å². The Balaban J connectivity index is 1.64. The summed E-state index contributed by atoms with van der Waals surface area (Å²) in [7, 11) is 0. The molecular weight excluding hydrogens is 324 g/mol. The Labute approximate surface area is 157 Å². The molecule has 4 heteroatoms. The second-order valence-corrected chi connectivity index (χ2v) is 9.13. The quantitative estimate of drug-likeness (QED) is 0.820. The zero-order valence-corrected chi connectivity index (χ0v) is 16.7. The highest BCUT2D eigenvalue weighted by molar-refractivity contribution is 6.00. The second kappa shape index (κ2) is 7.05. The molecule has 0 unspecified atom stereocenters. The lowest BCUT2D eigenvalue weighted by Crippen LogP contribution is -2.47. The van der Waals surface area contributed by atoms with Gasteiger partial charge < -0.3 is 9.80 Å². The van der Waals surface area contributed by atoms with Crippen molar-refractivity contribution in [2.45, 2.75) is 59.8 Å². The SMILES string of the molecule is CCc1ccc(N2CCC3(CCN(C(=O)CC(C)(C)C)CC3)C2=O)cc1. The Hall–Kier alpha value is -1.84. The van der Waals surface area contributed by atoms with Crippen molar-refractivity contribution in [2.24, 2.45) is 10.8 Å². The largest absolute Gasteiger partial charge is 0.343 e. The monoisotopic (exact) mass is 356 g/mol. The van der Waals surface area contributed by atoms with Crippen LogP contribution in [0.3, 0.4) is 0 Å². The van der Waals surface area contributed by atoms with E-state index in [2.05, 4.69) is 52.0 Å². The molecule has 1 aromatic rings. The molecule has 0 N–H and O–H groups in total. The predicted molar refractivity (Wildman–Crippen MR) is 105 cm³/mol. The minimum absolute atomic E-state index is 0.0108. The summed E-state index contributed by atoms with van der Waals surface area (Å²) >= 11 is 0. The number of carbonyl (C=O) groups excluding carboxylic acids is 2. The van der Waals surface area contributed by atoms with E-state index in [4.69, 9.17) is 0 Å². The van der Waals surface area contributed by atoms with Gasteiger partial charge in [0.05, 0.1) is 5.41 Å². The van der Waals surface area contributed by atoms with Gasteiger partial charge in [0.15, 0.2) is 0 Å². The maximum atomic E-state index is 13.2. The summed E-state index contributed by atoms with van der Waals surface area (Å²) in [6, 6.07) is 8.36. The maximum absolute atomic E-state index is 13.2. The molecule has 0 aromatic heterocycles. The van der Waals surface area contributed by atoms with Crippen LogP contribution in [-0.2, 0) is 16.0 Å². The summed E-state index contributed by atoms with van der Waals surface area (Å²) in [5.74, 6) is 0.481. The molecule has 2 aliphatic rings. The van der Waals surface area contributed by atoms with Crippen LogP contribution in [0.15, 0.2) is 24.3 Å². The van der Waals surface area contributed by atoms with Crippen LogP contribution in [-0.4, -0.2) is 36.3 Å². The van der Waals surface area contributed by atoms with Crippen molar-refractivity contribution in [1.82, 2.24) is 4.90 Å². The van der Waals surface area contributed by atoms with Crippen LogP contribution >= 0.6 is 0 Å². The molecule has 2 amide bonds. The van der Waals surface area contributed by atoms with Gasteiger partial charge in [0.2, 0.25) is 11.8 Å². The molecule has 0 atom stereocenters. The topological polar surface area (TPSA) is 40.6 Å². The van der Waals surface area contributed by atoms with E-state index in [9.17, 15) is 9.59 Å². The molecule has 0 aliphatic carbocycles. The van der Waals surface area contributed by atoms with Crippen molar-refractivity contribution in [2.75, 3.05) is 24.5 Å². The van der Waals surface area contributed by atoms with E-state index >= 15 is 0 Å². The van der Waals surface area contributed by atoms with E-state index in [-0.39, 0.29) is 22.6 Å². The second-order valence-electron chi connectivity index (χ2n) is 9.13. The number of nitrogens with zero attached hydrogens (tertiary/aromatic N) is 2. The first-order valence-corrected chi connectivity index (χ1v) is 9.93. The third-order valence-corrected chi connectivity index (χ3v) is 5.92. The Morgan fingerprint density at radius 3 is 2.15 bits per heavy atom. The van der Waals surface area contributed by atoms with Gasteiger partial charge in [0.1, 0.15) is 0 Å². The van der Waals surface area contributed by atoms with Gasteiger partial charge in [-0.3, -0.25) is 9.59 Å². The number of anilines is 1. The van der Waals surface area contributed by atoms with Gasteiger partial charge >= 0.3 is 0 Å². The number of rotatable bonds is 3. The van der Waals surface area contributed by atoms with E-state index in [0.717, 1.165) is 37.9 Å². The lowest BCUT2D eigenvalue weighted by molar-refractivity contribution is -0.139. The maximum Gasteiger partial charge on any atom is 0.233 e. The standard InChI is InChI=1S/C22H32N2O2/c1-5-17-6-8-18(9-7-17)24-15-12-22(20(24)26)10-13-23(14-11-22)19(25)16-21(2,3)4/h6-9H,5,10-16H2,1-4H3. The molecule has 26 heavy (non-hydrogen) atoms. The van der Waals surface area contributed by atoms with Gasteiger partial charge in [0.25, 0.3) is 0 Å². The third-order valence-electron chi connectivity index (χ3n) is 5.92. The predicted octanol–water partition coefficient (Wildman–Crippen LogP) is 4.03. The van der Waals surface area contributed by atoms with Gasteiger partial charge in [-0.1, -0.05) is 39.8 Å². The van der Waals surface area contributed by atoms with Gasteiger partial charge in [-0.25, -0.2) is 0 Å². The first kappa shape index (κ1) is 18.9. The Kier molecular flexibility index (Phi) is 5.14. The summed E-state index contributed by atoms with van der Waals surface area (Å²) in [6.07, 6.45) is 4.08. The molecule has 142 valence electrons. The molecule has 2 fully saturated rings. The molecule has 2 saturated heterocycles. The van der Waals surface area contributed by atoms with Gasteiger partial charge in [0, 0.05) is 31.7 Å². The number of amides is 2. The van der Waals surface area contributed by atoms with Crippen LogP contribution in [0, 0.1) is 10.8 Å². The molecule has 0 radical (unpaired) electrons. The highest BCUT2D eigenvalue weighted by Crippen LogP contribution is 2.43. The fraction of sp³-hybridized carbons (Fsp3) is 0.636. The van der Waals surface area contributed by atoms with Crippen molar-refractivity contribution in [3.05, 3.63) is 29.8 Å². The third kappa shape index (κ3) is 3.79. The summed E-state index contributed by atoms with van der Waals surface area (Å²) in [6.45, 7) is 10.6. The normalized spacial score (nSPS) is 20.1. The Bertz CT molecular complexity index is 664. The first-order chi connectivity index (χ1) is 12.2. The fourth-order valence-corrected chi connectivity index (χ4v) is 4.19. The van der Waals surface area contributed by atoms with Crippen molar-refractivity contribution < 1.29 is 9.59 Å². The number of carbonyl (C=O) groups is 2. The smallest absolute Gasteiger partial charge is 0.233 e. The molecule has 4 nitrogen and oxygen atoms in total. The van der Waals surface area contributed by atoms with E-state index < -0.39 is 0 Å². The van der Waals surface area contributed by atoms with E-state index in [0.29, 0.717) is 19.5 Å². The van der Waals surface area contributed by atoms with E-state index in [1.165, 1.54) is 5.56 Å². The number of piperidine rings is 1. The summed E-state index contributed by atoms with van der Waals surface area (Å²) in [4.78, 5) is 29.6. The van der Waals surface area contributed by atoms with Crippen LogP contribution in [0.2, 0.25) is 0 Å². The highest BCUT2D eigenvalue weighted by atomic mass is 16.2. The van der Waals surface area contributed by atoms with Gasteiger partial charge in [-0.05, 0) is 48.8 Å². The zero-order valence-electron chi connectivity index (χ0n) is 16.7. The highest BCUT2D eigenvalue weighted by Gasteiger charge is 2.49. The van der Waals surface area contributed by atoms with Crippen LogP contribution in [0.1, 0.15) is 58.9 Å². The minimum atomic E-state index is -0.262. The molecule has 1 aromatic carbocycles. The number of aryl methyl sites for hydroxylation is 1. The summed E-state index contributed by atoms with van der Waals surface area (Å²) < 4.78 is 0. The van der Waals surface area contributed by atoms with Crippen LogP contribution in [0.4, 0.5) is 5.69 Å². The minimum Gasteiger partial charge on any atom is -0.343 e. The van der Waals surface area contributed by atoms with E-state index in [1.54, 1.807) is 0 Å².